The van der Waals surface area contributed by atoms with Gasteiger partial charge in [-0.3, -0.25) is 4.79 Å². The number of nitrogens with one attached hydrogen (secondary N) is 1. The van der Waals surface area contributed by atoms with Crippen molar-refractivity contribution in [3.8, 4) is 17.2 Å². The van der Waals surface area contributed by atoms with E-state index in [0.717, 1.165) is 22.4 Å². The van der Waals surface area contributed by atoms with E-state index in [4.69, 9.17) is 9.26 Å². The first kappa shape index (κ1) is 18.6. The highest BCUT2D eigenvalue weighted by Gasteiger charge is 2.12. The summed E-state index contributed by atoms with van der Waals surface area (Å²) in [6.45, 7) is 7.89. The fraction of sp³-hybridized carbons (Fsp3) is 0.286. The molecule has 0 aliphatic rings. The summed E-state index contributed by atoms with van der Waals surface area (Å²) < 4.78 is 10.8. The number of hydrogen-bond acceptors (Lipinski definition) is 5. The second-order valence-electron chi connectivity index (χ2n) is 6.79. The number of rotatable bonds is 6. The number of anilines is 1. The Labute approximate surface area is 158 Å². The summed E-state index contributed by atoms with van der Waals surface area (Å²) in [6.07, 6.45) is 0. The van der Waals surface area contributed by atoms with E-state index in [1.807, 2.05) is 58.0 Å². The predicted octanol–water partition coefficient (Wildman–Crippen LogP) is 4.49. The van der Waals surface area contributed by atoms with Crippen LogP contribution in [0.2, 0.25) is 0 Å². The Morgan fingerprint density at radius 2 is 1.89 bits per heavy atom. The van der Waals surface area contributed by atoms with Gasteiger partial charge in [0.05, 0.1) is 0 Å². The Balaban J connectivity index is 1.58. The summed E-state index contributed by atoms with van der Waals surface area (Å²) in [5.41, 5.74) is 3.71. The van der Waals surface area contributed by atoms with Gasteiger partial charge in [-0.25, -0.2) is 0 Å². The van der Waals surface area contributed by atoms with E-state index >= 15 is 0 Å². The predicted molar refractivity (Wildman–Crippen MR) is 104 cm³/mol. The molecule has 0 aliphatic carbocycles. The van der Waals surface area contributed by atoms with Crippen LogP contribution in [0, 0.1) is 13.8 Å². The molecule has 1 aromatic heterocycles. The average Bonchev–Trinajstić information content (AvgIpc) is 3.14. The van der Waals surface area contributed by atoms with Crippen molar-refractivity contribution in [2.45, 2.75) is 33.6 Å². The minimum Gasteiger partial charge on any atom is -0.484 e. The molecular weight excluding hydrogens is 342 g/mol. The standard InChI is InChI=1S/C21H23N3O3/c1-13(2)20-23-21(27-24-20)16-7-9-17(10-8-16)26-12-19(25)22-18-11-14(3)5-6-15(18)4/h5-11,13H,12H2,1-4H3,(H,22,25). The fourth-order valence-corrected chi connectivity index (χ4v) is 2.49. The number of aryl methyl sites for hydroxylation is 2. The topological polar surface area (TPSA) is 77.2 Å². The second-order valence-corrected chi connectivity index (χ2v) is 6.79. The zero-order valence-corrected chi connectivity index (χ0v) is 15.9. The molecule has 3 rings (SSSR count). The average molecular weight is 365 g/mol. The summed E-state index contributed by atoms with van der Waals surface area (Å²) in [5.74, 6) is 1.75. The van der Waals surface area contributed by atoms with Crippen molar-refractivity contribution in [1.29, 1.82) is 0 Å². The monoisotopic (exact) mass is 365 g/mol. The van der Waals surface area contributed by atoms with Crippen LogP contribution < -0.4 is 10.1 Å². The van der Waals surface area contributed by atoms with E-state index in [1.165, 1.54) is 0 Å². The van der Waals surface area contributed by atoms with E-state index in [2.05, 4.69) is 15.5 Å². The Kier molecular flexibility index (Phi) is 5.54. The van der Waals surface area contributed by atoms with Crippen LogP contribution in [0.25, 0.3) is 11.5 Å². The van der Waals surface area contributed by atoms with Gasteiger partial charge in [0.1, 0.15) is 5.75 Å². The number of carbonyl (C=O) groups is 1. The first-order valence-electron chi connectivity index (χ1n) is 8.86. The van der Waals surface area contributed by atoms with Gasteiger partial charge in [0.15, 0.2) is 12.4 Å². The van der Waals surface area contributed by atoms with E-state index < -0.39 is 0 Å². The van der Waals surface area contributed by atoms with Gasteiger partial charge >= 0.3 is 0 Å². The maximum atomic E-state index is 12.1. The molecule has 0 saturated carbocycles. The molecule has 0 saturated heterocycles. The number of nitrogens with zero attached hydrogens (tertiary/aromatic N) is 2. The molecule has 0 unspecified atom stereocenters. The fourth-order valence-electron chi connectivity index (χ4n) is 2.49. The van der Waals surface area contributed by atoms with Gasteiger partial charge in [0.2, 0.25) is 0 Å². The van der Waals surface area contributed by atoms with Crippen molar-refractivity contribution >= 4 is 11.6 Å². The maximum Gasteiger partial charge on any atom is 0.262 e. The van der Waals surface area contributed by atoms with Crippen molar-refractivity contribution in [1.82, 2.24) is 10.1 Å². The van der Waals surface area contributed by atoms with Crippen LogP contribution in [0.15, 0.2) is 47.0 Å². The third-order valence-corrected chi connectivity index (χ3v) is 4.10. The van der Waals surface area contributed by atoms with E-state index in [1.54, 1.807) is 12.1 Å². The Morgan fingerprint density at radius 1 is 1.15 bits per heavy atom. The minimum absolute atomic E-state index is 0.0647. The Hall–Kier alpha value is -3.15. The van der Waals surface area contributed by atoms with Crippen LogP contribution in [-0.4, -0.2) is 22.7 Å². The van der Waals surface area contributed by atoms with Gasteiger partial charge in [-0.1, -0.05) is 31.1 Å². The Morgan fingerprint density at radius 3 is 2.56 bits per heavy atom. The quantitative estimate of drug-likeness (QED) is 0.696. The molecule has 0 spiro atoms. The lowest BCUT2D eigenvalue weighted by molar-refractivity contribution is -0.118. The molecule has 1 heterocycles. The third-order valence-electron chi connectivity index (χ3n) is 4.10. The lowest BCUT2D eigenvalue weighted by atomic mass is 10.1. The van der Waals surface area contributed by atoms with Crippen molar-refractivity contribution < 1.29 is 14.1 Å². The number of aromatic nitrogens is 2. The van der Waals surface area contributed by atoms with Gasteiger partial charge < -0.3 is 14.6 Å². The minimum atomic E-state index is -0.203. The summed E-state index contributed by atoms with van der Waals surface area (Å²) in [4.78, 5) is 16.5. The summed E-state index contributed by atoms with van der Waals surface area (Å²) >= 11 is 0. The van der Waals surface area contributed by atoms with Gasteiger partial charge in [-0.05, 0) is 55.3 Å². The van der Waals surface area contributed by atoms with E-state index in [9.17, 15) is 4.79 Å². The van der Waals surface area contributed by atoms with Crippen LogP contribution in [0.4, 0.5) is 5.69 Å². The molecule has 0 radical (unpaired) electrons. The Bertz CT molecular complexity index is 930. The van der Waals surface area contributed by atoms with Crippen LogP contribution >= 0.6 is 0 Å². The molecule has 2 aromatic carbocycles. The third kappa shape index (κ3) is 4.73. The zero-order valence-electron chi connectivity index (χ0n) is 15.9. The van der Waals surface area contributed by atoms with Gasteiger partial charge in [0, 0.05) is 17.2 Å². The smallest absolute Gasteiger partial charge is 0.262 e. The largest absolute Gasteiger partial charge is 0.484 e. The first-order chi connectivity index (χ1) is 12.9. The number of ether oxygens (including phenoxy) is 1. The van der Waals surface area contributed by atoms with Crippen molar-refractivity contribution in [3.63, 3.8) is 0 Å². The second kappa shape index (κ2) is 8.03. The molecule has 1 amide bonds. The molecule has 0 bridgehead atoms. The van der Waals surface area contributed by atoms with Crippen molar-refractivity contribution in [2.75, 3.05) is 11.9 Å². The van der Waals surface area contributed by atoms with E-state index in [0.29, 0.717) is 17.5 Å². The molecule has 0 fully saturated rings. The molecule has 27 heavy (non-hydrogen) atoms. The SMILES string of the molecule is Cc1ccc(C)c(NC(=O)COc2ccc(-c3nc(C(C)C)no3)cc2)c1. The highest BCUT2D eigenvalue weighted by molar-refractivity contribution is 5.92. The highest BCUT2D eigenvalue weighted by Crippen LogP contribution is 2.23. The summed E-state index contributed by atoms with van der Waals surface area (Å²) in [6, 6.07) is 13.1. The molecule has 0 aliphatic heterocycles. The molecule has 1 N–H and O–H groups in total. The molecule has 6 heteroatoms. The van der Waals surface area contributed by atoms with E-state index in [-0.39, 0.29) is 18.4 Å². The van der Waals surface area contributed by atoms with Crippen molar-refractivity contribution in [3.05, 3.63) is 59.4 Å². The van der Waals surface area contributed by atoms with Crippen LogP contribution in [0.1, 0.15) is 36.7 Å². The highest BCUT2D eigenvalue weighted by atomic mass is 16.5. The van der Waals surface area contributed by atoms with Crippen LogP contribution in [0.3, 0.4) is 0 Å². The zero-order chi connectivity index (χ0) is 19.4. The number of hydrogen-bond donors (Lipinski definition) is 1. The summed E-state index contributed by atoms with van der Waals surface area (Å²) in [5, 5.41) is 6.83. The maximum absolute atomic E-state index is 12.1. The molecular formula is C21H23N3O3. The van der Waals surface area contributed by atoms with Crippen molar-refractivity contribution in [2.24, 2.45) is 0 Å². The molecule has 6 nitrogen and oxygen atoms in total. The number of carbonyl (C=O) groups excluding carboxylic acids is 1. The molecule has 0 atom stereocenters. The van der Waals surface area contributed by atoms with Gasteiger partial charge in [-0.2, -0.15) is 4.98 Å². The number of benzene rings is 2. The number of amides is 1. The molecule has 140 valence electrons. The lowest BCUT2D eigenvalue weighted by Crippen LogP contribution is -2.20. The van der Waals surface area contributed by atoms with Gasteiger partial charge in [-0.15, -0.1) is 0 Å². The first-order valence-corrected chi connectivity index (χ1v) is 8.86. The summed E-state index contributed by atoms with van der Waals surface area (Å²) in [7, 11) is 0. The van der Waals surface area contributed by atoms with Crippen LogP contribution in [-0.2, 0) is 4.79 Å². The van der Waals surface area contributed by atoms with Crippen LogP contribution in [0.5, 0.6) is 5.75 Å². The lowest BCUT2D eigenvalue weighted by Gasteiger charge is -2.10. The van der Waals surface area contributed by atoms with Gasteiger partial charge in [0.25, 0.3) is 11.8 Å². The molecule has 3 aromatic rings. The normalized spacial score (nSPS) is 10.9.